The molecule has 0 unspecified atom stereocenters. The zero-order valence-electron chi connectivity index (χ0n) is 19.1. The Balaban J connectivity index is 2.17. The number of rotatable bonds is 4. The molecule has 1 nitrogen and oxygen atoms in total. The minimum absolute atomic E-state index is 0.363. The minimum atomic E-state index is -1.47. The Kier molecular flexibility index (Phi) is 5.90. The number of nitrogens with one attached hydrogen (secondary N) is 1. The van der Waals surface area contributed by atoms with Crippen molar-refractivity contribution in [1.29, 1.82) is 0 Å². The molecule has 1 N–H and O–H groups in total. The molecule has 0 amide bonds. The molecule has 2 rings (SSSR count). The van der Waals surface area contributed by atoms with Gasteiger partial charge in [0.15, 0.2) is 0 Å². The molecule has 0 saturated carbocycles. The molecule has 0 aliphatic rings. The zero-order valence-corrected chi connectivity index (χ0v) is 21.1. The van der Waals surface area contributed by atoms with Crippen molar-refractivity contribution in [3.05, 3.63) is 48.5 Å². The maximum Gasteiger partial charge on any atom is 0.0859 e. The van der Waals surface area contributed by atoms with Crippen molar-refractivity contribution in [2.24, 2.45) is 0 Å². The molecule has 0 aliphatic carbocycles. The Labute approximate surface area is 169 Å². The molecule has 27 heavy (non-hydrogen) atoms. The summed E-state index contributed by atoms with van der Waals surface area (Å²) in [6, 6.07) is 18.2. The van der Waals surface area contributed by atoms with E-state index in [1.165, 1.54) is 10.4 Å². The van der Waals surface area contributed by atoms with Crippen molar-refractivity contribution in [3.63, 3.8) is 0 Å². The van der Waals surface area contributed by atoms with Crippen LogP contribution in [0.2, 0.25) is 36.3 Å². The monoisotopic (exact) mass is 397 g/mol. The molecule has 0 radical (unpaired) electrons. The van der Waals surface area contributed by atoms with Gasteiger partial charge in [0, 0.05) is 11.4 Å². The third-order valence-corrected chi connectivity index (χ3v) is 18.3. The van der Waals surface area contributed by atoms with Gasteiger partial charge in [0.05, 0.1) is 16.1 Å². The lowest BCUT2D eigenvalue weighted by Crippen LogP contribution is -2.49. The van der Waals surface area contributed by atoms with Crippen LogP contribution >= 0.6 is 0 Å². The SMILES string of the molecule is CC(C)(C)[Si](C)(C)c1ccc(Nc2ccc([Si](C)(C)C(C)(C)C)cc2)cc1. The van der Waals surface area contributed by atoms with E-state index < -0.39 is 16.1 Å². The van der Waals surface area contributed by atoms with Crippen molar-refractivity contribution >= 4 is 37.9 Å². The largest absolute Gasteiger partial charge is 0.356 e. The van der Waals surface area contributed by atoms with Gasteiger partial charge in [-0.1, -0.05) is 102 Å². The van der Waals surface area contributed by atoms with Gasteiger partial charge in [-0.15, -0.1) is 0 Å². The van der Waals surface area contributed by atoms with E-state index in [2.05, 4.69) is 122 Å². The van der Waals surface area contributed by atoms with Crippen molar-refractivity contribution in [2.75, 3.05) is 5.32 Å². The van der Waals surface area contributed by atoms with E-state index in [1.54, 1.807) is 0 Å². The normalized spacial score (nSPS) is 13.6. The van der Waals surface area contributed by atoms with Crippen LogP contribution in [-0.4, -0.2) is 16.1 Å². The average molecular weight is 398 g/mol. The molecular formula is C24H39NSi2. The van der Waals surface area contributed by atoms with Crippen molar-refractivity contribution in [1.82, 2.24) is 0 Å². The van der Waals surface area contributed by atoms with Gasteiger partial charge in [0.2, 0.25) is 0 Å². The molecular weight excluding hydrogens is 358 g/mol. The summed E-state index contributed by atoms with van der Waals surface area (Å²) in [5, 5.41) is 7.34. The van der Waals surface area contributed by atoms with Gasteiger partial charge in [0.1, 0.15) is 0 Å². The predicted octanol–water partition coefficient (Wildman–Crippen LogP) is 6.86. The fourth-order valence-electron chi connectivity index (χ4n) is 2.97. The second kappa shape index (κ2) is 7.25. The lowest BCUT2D eigenvalue weighted by molar-refractivity contribution is 0.729. The Hall–Kier alpha value is -1.33. The molecule has 2 aromatic carbocycles. The Morgan fingerprint density at radius 1 is 0.519 bits per heavy atom. The van der Waals surface area contributed by atoms with Crippen LogP contribution in [-0.2, 0) is 0 Å². The first-order valence-corrected chi connectivity index (χ1v) is 16.1. The van der Waals surface area contributed by atoms with E-state index in [0.29, 0.717) is 10.1 Å². The highest BCUT2D eigenvalue weighted by atomic mass is 28.3. The fraction of sp³-hybridized carbons (Fsp3) is 0.500. The summed E-state index contributed by atoms with van der Waals surface area (Å²) < 4.78 is 0. The smallest absolute Gasteiger partial charge is 0.0859 e. The van der Waals surface area contributed by atoms with Gasteiger partial charge in [0.25, 0.3) is 0 Å². The highest BCUT2D eigenvalue weighted by Gasteiger charge is 2.37. The molecule has 0 spiro atoms. The van der Waals surface area contributed by atoms with E-state index >= 15 is 0 Å². The molecule has 0 heterocycles. The van der Waals surface area contributed by atoms with Gasteiger partial charge in [-0.3, -0.25) is 0 Å². The number of benzene rings is 2. The highest BCUT2D eigenvalue weighted by molar-refractivity contribution is 6.92. The summed E-state index contributed by atoms with van der Waals surface area (Å²) in [6.45, 7) is 24.1. The topological polar surface area (TPSA) is 12.0 Å². The molecule has 0 bridgehead atoms. The number of hydrogen-bond acceptors (Lipinski definition) is 1. The van der Waals surface area contributed by atoms with Crippen molar-refractivity contribution < 1.29 is 0 Å². The van der Waals surface area contributed by atoms with Gasteiger partial charge in [-0.05, 0) is 34.3 Å². The fourth-order valence-corrected chi connectivity index (χ4v) is 6.71. The van der Waals surface area contributed by atoms with Crippen LogP contribution in [0.25, 0.3) is 0 Å². The molecule has 0 aliphatic heterocycles. The third-order valence-electron chi connectivity index (χ3n) is 7.25. The van der Waals surface area contributed by atoms with E-state index in [0.717, 1.165) is 11.4 Å². The average Bonchev–Trinajstić information content (AvgIpc) is 2.54. The number of hydrogen-bond donors (Lipinski definition) is 1. The molecule has 0 saturated heterocycles. The van der Waals surface area contributed by atoms with E-state index in [9.17, 15) is 0 Å². The summed E-state index contributed by atoms with van der Waals surface area (Å²) in [5.74, 6) is 0. The lowest BCUT2D eigenvalue weighted by Gasteiger charge is -2.37. The Bertz CT molecular complexity index is 691. The molecule has 148 valence electrons. The minimum Gasteiger partial charge on any atom is -0.356 e. The summed E-state index contributed by atoms with van der Waals surface area (Å²) in [5.41, 5.74) is 2.33. The van der Waals surface area contributed by atoms with E-state index in [-0.39, 0.29) is 0 Å². The zero-order chi connectivity index (χ0) is 20.7. The lowest BCUT2D eigenvalue weighted by atomic mass is 10.2. The quantitative estimate of drug-likeness (QED) is 0.555. The van der Waals surface area contributed by atoms with Gasteiger partial charge in [-0.25, -0.2) is 0 Å². The van der Waals surface area contributed by atoms with Crippen LogP contribution in [0.5, 0.6) is 0 Å². The second-order valence-corrected chi connectivity index (χ2v) is 21.7. The molecule has 0 aromatic heterocycles. The van der Waals surface area contributed by atoms with Crippen LogP contribution in [0, 0.1) is 0 Å². The first-order chi connectivity index (χ1) is 12.2. The van der Waals surface area contributed by atoms with Crippen molar-refractivity contribution in [2.45, 2.75) is 77.8 Å². The van der Waals surface area contributed by atoms with E-state index in [4.69, 9.17) is 0 Å². The van der Waals surface area contributed by atoms with Crippen molar-refractivity contribution in [3.8, 4) is 0 Å². The standard InChI is InChI=1S/C24H39NSi2/c1-23(2,3)26(7,8)21-15-11-19(12-16-21)25-20-13-17-22(18-14-20)27(9,10)24(4,5)6/h11-18,25H,1-10H3. The summed E-state index contributed by atoms with van der Waals surface area (Å²) in [6.07, 6.45) is 0. The van der Waals surface area contributed by atoms with Crippen LogP contribution in [0.4, 0.5) is 11.4 Å². The van der Waals surface area contributed by atoms with Gasteiger partial charge < -0.3 is 5.32 Å². The van der Waals surface area contributed by atoms with Crippen LogP contribution in [0.15, 0.2) is 48.5 Å². The highest BCUT2D eigenvalue weighted by Crippen LogP contribution is 2.36. The van der Waals surface area contributed by atoms with Gasteiger partial charge >= 0.3 is 0 Å². The summed E-state index contributed by atoms with van der Waals surface area (Å²) in [7, 11) is -2.93. The summed E-state index contributed by atoms with van der Waals surface area (Å²) >= 11 is 0. The molecule has 3 heteroatoms. The first-order valence-electron chi connectivity index (χ1n) is 10.1. The Morgan fingerprint density at radius 2 is 0.778 bits per heavy atom. The summed E-state index contributed by atoms with van der Waals surface area (Å²) in [4.78, 5) is 0. The second-order valence-electron chi connectivity index (χ2n) is 11.0. The van der Waals surface area contributed by atoms with E-state index in [1.807, 2.05) is 0 Å². The number of anilines is 2. The van der Waals surface area contributed by atoms with Crippen LogP contribution in [0.3, 0.4) is 0 Å². The third kappa shape index (κ3) is 4.57. The first kappa shape index (κ1) is 22.0. The maximum atomic E-state index is 3.57. The maximum absolute atomic E-state index is 3.57. The molecule has 2 aromatic rings. The van der Waals surface area contributed by atoms with Crippen LogP contribution < -0.4 is 15.7 Å². The predicted molar refractivity (Wildman–Crippen MR) is 130 cm³/mol. The van der Waals surface area contributed by atoms with Crippen LogP contribution in [0.1, 0.15) is 41.5 Å². The Morgan fingerprint density at radius 3 is 1.00 bits per heavy atom. The molecule has 0 atom stereocenters. The molecule has 0 fully saturated rings. The van der Waals surface area contributed by atoms with Gasteiger partial charge in [-0.2, -0.15) is 0 Å².